The summed E-state index contributed by atoms with van der Waals surface area (Å²) in [6, 6.07) is 7.02. The molecule has 1 aliphatic carbocycles. The van der Waals surface area contributed by atoms with E-state index in [2.05, 4.69) is 12.2 Å². The summed E-state index contributed by atoms with van der Waals surface area (Å²) < 4.78 is 5.40. The Kier molecular flexibility index (Phi) is 5.16. The molecule has 1 aromatic rings. The highest BCUT2D eigenvalue weighted by Gasteiger charge is 2.19. The van der Waals surface area contributed by atoms with Crippen molar-refractivity contribution < 1.29 is 14.3 Å². The summed E-state index contributed by atoms with van der Waals surface area (Å²) in [5.41, 5.74) is 0.595. The van der Waals surface area contributed by atoms with Gasteiger partial charge in [-0.25, -0.2) is 0 Å². The zero-order valence-electron chi connectivity index (χ0n) is 11.8. The van der Waals surface area contributed by atoms with E-state index in [0.29, 0.717) is 17.4 Å². The summed E-state index contributed by atoms with van der Waals surface area (Å²) in [4.78, 5) is 22.3. The van der Waals surface area contributed by atoms with Gasteiger partial charge in [-0.15, -0.1) is 0 Å². The number of carbonyl (C=O) groups is 2. The van der Waals surface area contributed by atoms with Gasteiger partial charge in [0.1, 0.15) is 12.0 Å². The first-order valence-electron chi connectivity index (χ1n) is 7.15. The van der Waals surface area contributed by atoms with E-state index in [0.717, 1.165) is 25.0 Å². The zero-order chi connectivity index (χ0) is 14.4. The lowest BCUT2D eigenvalue weighted by Crippen LogP contribution is -2.39. The lowest BCUT2D eigenvalue weighted by molar-refractivity contribution is -0.124. The van der Waals surface area contributed by atoms with E-state index < -0.39 is 0 Å². The van der Waals surface area contributed by atoms with Crippen molar-refractivity contribution in [3.8, 4) is 5.75 Å². The number of hydrogen-bond acceptors (Lipinski definition) is 3. The van der Waals surface area contributed by atoms with Gasteiger partial charge >= 0.3 is 0 Å². The molecule has 0 heterocycles. The smallest absolute Gasteiger partial charge is 0.258 e. The highest BCUT2D eigenvalue weighted by Crippen LogP contribution is 2.23. The summed E-state index contributed by atoms with van der Waals surface area (Å²) in [5.74, 6) is 1.29. The van der Waals surface area contributed by atoms with Crippen LogP contribution in [0.3, 0.4) is 0 Å². The molecular weight excluding hydrogens is 254 g/mol. The topological polar surface area (TPSA) is 55.4 Å². The normalized spacial score (nSPS) is 22.1. The number of benzene rings is 1. The third-order valence-electron chi connectivity index (χ3n) is 3.77. The number of hydrogen-bond donors (Lipinski definition) is 1. The Morgan fingerprint density at radius 1 is 1.25 bits per heavy atom. The van der Waals surface area contributed by atoms with Crippen molar-refractivity contribution in [1.29, 1.82) is 0 Å². The van der Waals surface area contributed by atoms with Crippen LogP contribution in [0.5, 0.6) is 5.75 Å². The second-order valence-corrected chi connectivity index (χ2v) is 5.50. The molecule has 20 heavy (non-hydrogen) atoms. The van der Waals surface area contributed by atoms with Crippen molar-refractivity contribution >= 4 is 12.2 Å². The Bertz CT molecular complexity index is 447. The Morgan fingerprint density at radius 2 is 1.90 bits per heavy atom. The first kappa shape index (κ1) is 14.6. The van der Waals surface area contributed by atoms with E-state index in [1.165, 1.54) is 12.8 Å². The first-order chi connectivity index (χ1) is 9.67. The third-order valence-corrected chi connectivity index (χ3v) is 3.77. The highest BCUT2D eigenvalue weighted by atomic mass is 16.5. The van der Waals surface area contributed by atoms with Crippen molar-refractivity contribution in [2.45, 2.75) is 38.6 Å². The minimum Gasteiger partial charge on any atom is -0.484 e. The van der Waals surface area contributed by atoms with E-state index in [1.54, 1.807) is 24.3 Å². The number of nitrogens with one attached hydrogen (secondary N) is 1. The van der Waals surface area contributed by atoms with E-state index in [9.17, 15) is 9.59 Å². The zero-order valence-corrected chi connectivity index (χ0v) is 11.8. The Morgan fingerprint density at radius 3 is 2.50 bits per heavy atom. The van der Waals surface area contributed by atoms with Crippen molar-refractivity contribution in [3.05, 3.63) is 29.8 Å². The largest absolute Gasteiger partial charge is 0.484 e. The molecule has 1 saturated carbocycles. The van der Waals surface area contributed by atoms with Crippen molar-refractivity contribution in [2.24, 2.45) is 5.92 Å². The number of amides is 1. The molecule has 0 radical (unpaired) electrons. The van der Waals surface area contributed by atoms with Gasteiger partial charge in [0.05, 0.1) is 0 Å². The van der Waals surface area contributed by atoms with Gasteiger partial charge in [-0.05, 0) is 55.9 Å². The molecule has 0 bridgehead atoms. The minimum absolute atomic E-state index is 0.0203. The average molecular weight is 275 g/mol. The molecule has 0 aliphatic heterocycles. The molecule has 108 valence electrons. The number of carbonyl (C=O) groups excluding carboxylic acids is 2. The van der Waals surface area contributed by atoms with Crippen LogP contribution in [-0.2, 0) is 4.79 Å². The number of ether oxygens (including phenoxy) is 1. The standard InChI is InChI=1S/C16H21NO3/c1-12-2-6-14(7-3-12)17-16(19)11-20-15-8-4-13(10-18)5-9-15/h4-5,8-10,12,14H,2-3,6-7,11H2,1H3,(H,17,19). The monoisotopic (exact) mass is 275 g/mol. The molecule has 0 spiro atoms. The molecule has 0 unspecified atom stereocenters. The van der Waals surface area contributed by atoms with Gasteiger partial charge in [0.2, 0.25) is 0 Å². The van der Waals surface area contributed by atoms with Gasteiger partial charge in [-0.1, -0.05) is 6.92 Å². The number of aldehydes is 1. The van der Waals surface area contributed by atoms with E-state index in [1.807, 2.05) is 0 Å². The van der Waals surface area contributed by atoms with Crippen LogP contribution >= 0.6 is 0 Å². The Labute approximate surface area is 119 Å². The van der Waals surface area contributed by atoms with Crippen molar-refractivity contribution in [2.75, 3.05) is 6.61 Å². The fraction of sp³-hybridized carbons (Fsp3) is 0.500. The Hall–Kier alpha value is -1.84. The van der Waals surface area contributed by atoms with E-state index in [-0.39, 0.29) is 12.5 Å². The van der Waals surface area contributed by atoms with Gasteiger partial charge in [0.15, 0.2) is 6.61 Å². The van der Waals surface area contributed by atoms with Crippen LogP contribution in [0.25, 0.3) is 0 Å². The fourth-order valence-corrected chi connectivity index (χ4v) is 2.47. The quantitative estimate of drug-likeness (QED) is 0.840. The molecule has 1 aromatic carbocycles. The average Bonchev–Trinajstić information content (AvgIpc) is 2.48. The molecule has 0 saturated heterocycles. The third kappa shape index (κ3) is 4.37. The predicted molar refractivity (Wildman–Crippen MR) is 76.9 cm³/mol. The lowest BCUT2D eigenvalue weighted by atomic mass is 9.87. The van der Waals surface area contributed by atoms with Crippen molar-refractivity contribution in [3.63, 3.8) is 0 Å². The summed E-state index contributed by atoms with van der Waals surface area (Å²) >= 11 is 0. The maximum Gasteiger partial charge on any atom is 0.258 e. The first-order valence-corrected chi connectivity index (χ1v) is 7.15. The van der Waals surface area contributed by atoms with Crippen LogP contribution in [0.15, 0.2) is 24.3 Å². The molecule has 2 rings (SSSR count). The van der Waals surface area contributed by atoms with Crippen LogP contribution < -0.4 is 10.1 Å². The van der Waals surface area contributed by atoms with E-state index in [4.69, 9.17) is 4.74 Å². The van der Waals surface area contributed by atoms with Gasteiger partial charge in [0.25, 0.3) is 5.91 Å². The molecular formula is C16H21NO3. The van der Waals surface area contributed by atoms with Crippen LogP contribution in [0.4, 0.5) is 0 Å². The summed E-state index contributed by atoms with van der Waals surface area (Å²) in [5, 5.41) is 3.01. The molecule has 4 nitrogen and oxygen atoms in total. The molecule has 0 atom stereocenters. The number of rotatable bonds is 5. The van der Waals surface area contributed by atoms with Crippen LogP contribution in [0.1, 0.15) is 43.0 Å². The fourth-order valence-electron chi connectivity index (χ4n) is 2.47. The molecule has 0 aromatic heterocycles. The van der Waals surface area contributed by atoms with Gasteiger partial charge in [0, 0.05) is 11.6 Å². The van der Waals surface area contributed by atoms with Gasteiger partial charge < -0.3 is 10.1 Å². The maximum absolute atomic E-state index is 11.8. The molecule has 1 N–H and O–H groups in total. The second kappa shape index (κ2) is 7.08. The van der Waals surface area contributed by atoms with Crippen LogP contribution in [0.2, 0.25) is 0 Å². The van der Waals surface area contributed by atoms with E-state index >= 15 is 0 Å². The van der Waals surface area contributed by atoms with Gasteiger partial charge in [-0.2, -0.15) is 0 Å². The van der Waals surface area contributed by atoms with Crippen LogP contribution in [-0.4, -0.2) is 24.8 Å². The highest BCUT2D eigenvalue weighted by molar-refractivity contribution is 5.78. The Balaban J connectivity index is 1.72. The second-order valence-electron chi connectivity index (χ2n) is 5.50. The summed E-state index contributed by atoms with van der Waals surface area (Å²) in [6.07, 6.45) is 5.25. The molecule has 4 heteroatoms. The minimum atomic E-state index is -0.0796. The maximum atomic E-state index is 11.8. The predicted octanol–water partition coefficient (Wildman–Crippen LogP) is 2.57. The summed E-state index contributed by atoms with van der Waals surface area (Å²) in [6.45, 7) is 2.27. The van der Waals surface area contributed by atoms with Crippen molar-refractivity contribution in [1.82, 2.24) is 5.32 Å². The molecule has 1 fully saturated rings. The van der Waals surface area contributed by atoms with Gasteiger partial charge in [-0.3, -0.25) is 9.59 Å². The molecule has 1 amide bonds. The SMILES string of the molecule is CC1CCC(NC(=O)COc2ccc(C=O)cc2)CC1. The van der Waals surface area contributed by atoms with Crippen LogP contribution in [0, 0.1) is 5.92 Å². The summed E-state index contributed by atoms with van der Waals surface area (Å²) in [7, 11) is 0. The lowest BCUT2D eigenvalue weighted by Gasteiger charge is -2.26. The molecule has 1 aliphatic rings.